The number of nitrogens with two attached hydrogens (primary N) is 2. The standard InChI is InChI=1S/C9H14N4O4S/c10-7-3-1-4-8(9(7)13(14)15)12-5-2-6-18(11,16)17/h1,3-4,12H,2,5-6,10H2,(H2,11,16,17). The number of nitro groups is 1. The third-order valence-corrected chi connectivity index (χ3v) is 3.03. The fraction of sp³-hybridized carbons (Fsp3) is 0.333. The van der Waals surface area contributed by atoms with Gasteiger partial charge in [-0.2, -0.15) is 0 Å². The lowest BCUT2D eigenvalue weighted by atomic mass is 10.2. The van der Waals surface area contributed by atoms with Crippen molar-refractivity contribution in [3.05, 3.63) is 28.3 Å². The van der Waals surface area contributed by atoms with Crippen molar-refractivity contribution < 1.29 is 13.3 Å². The second-order valence-electron chi connectivity index (χ2n) is 3.65. The van der Waals surface area contributed by atoms with Crippen molar-refractivity contribution in [2.75, 3.05) is 23.3 Å². The van der Waals surface area contributed by atoms with Gasteiger partial charge in [0.2, 0.25) is 10.0 Å². The first kappa shape index (κ1) is 14.2. The summed E-state index contributed by atoms with van der Waals surface area (Å²) in [5.74, 6) is -0.184. The molecule has 0 aliphatic heterocycles. The molecule has 1 rings (SSSR count). The Balaban J connectivity index is 2.68. The van der Waals surface area contributed by atoms with E-state index >= 15 is 0 Å². The molecule has 0 unspecified atom stereocenters. The zero-order valence-corrected chi connectivity index (χ0v) is 10.3. The van der Waals surface area contributed by atoms with Crippen LogP contribution in [-0.4, -0.2) is 25.6 Å². The molecule has 0 aliphatic carbocycles. The summed E-state index contributed by atoms with van der Waals surface area (Å²) in [6.45, 7) is 0.251. The average molecular weight is 274 g/mol. The minimum absolute atomic E-state index is 0.0523. The van der Waals surface area contributed by atoms with Crippen LogP contribution in [0.1, 0.15) is 6.42 Å². The average Bonchev–Trinajstić information content (AvgIpc) is 2.22. The second-order valence-corrected chi connectivity index (χ2v) is 5.38. The van der Waals surface area contributed by atoms with Gasteiger partial charge in [-0.05, 0) is 18.6 Å². The number of nitrogens with one attached hydrogen (secondary N) is 1. The normalized spacial score (nSPS) is 11.2. The smallest absolute Gasteiger partial charge is 0.314 e. The zero-order valence-electron chi connectivity index (χ0n) is 9.50. The highest BCUT2D eigenvalue weighted by Crippen LogP contribution is 2.30. The lowest BCUT2D eigenvalue weighted by molar-refractivity contribution is -0.383. The van der Waals surface area contributed by atoms with E-state index in [0.29, 0.717) is 0 Å². The molecule has 18 heavy (non-hydrogen) atoms. The highest BCUT2D eigenvalue weighted by atomic mass is 32.2. The Labute approximate surface area is 104 Å². The number of para-hydroxylation sites is 1. The number of hydrogen-bond acceptors (Lipinski definition) is 6. The molecule has 0 atom stereocenters. The van der Waals surface area contributed by atoms with Gasteiger partial charge in [0.1, 0.15) is 11.4 Å². The molecule has 9 heteroatoms. The third kappa shape index (κ3) is 4.18. The van der Waals surface area contributed by atoms with E-state index in [9.17, 15) is 18.5 Å². The number of hydrogen-bond donors (Lipinski definition) is 3. The summed E-state index contributed by atoms with van der Waals surface area (Å²) in [5.41, 5.74) is 5.59. The SMILES string of the molecule is Nc1cccc(NCCCS(N)(=O)=O)c1[N+](=O)[O-]. The Kier molecular flexibility index (Phi) is 4.45. The minimum atomic E-state index is -3.51. The molecule has 0 heterocycles. The Hall–Kier alpha value is -1.87. The third-order valence-electron chi connectivity index (χ3n) is 2.17. The fourth-order valence-electron chi connectivity index (χ4n) is 1.40. The van der Waals surface area contributed by atoms with Crippen LogP contribution >= 0.6 is 0 Å². The first-order valence-corrected chi connectivity index (χ1v) is 6.80. The van der Waals surface area contributed by atoms with E-state index in [1.54, 1.807) is 6.07 Å². The fourth-order valence-corrected chi connectivity index (χ4v) is 1.95. The molecule has 0 spiro atoms. The number of primary sulfonamides is 1. The first-order chi connectivity index (χ1) is 8.31. The summed E-state index contributed by atoms with van der Waals surface area (Å²) in [5, 5.41) is 18.4. The van der Waals surface area contributed by atoms with Crippen LogP contribution in [0.25, 0.3) is 0 Å². The van der Waals surface area contributed by atoms with Crippen LogP contribution in [0, 0.1) is 10.1 Å². The summed E-state index contributed by atoms with van der Waals surface area (Å²) in [6.07, 6.45) is 0.255. The van der Waals surface area contributed by atoms with Gasteiger partial charge in [0.15, 0.2) is 0 Å². The number of sulfonamides is 1. The molecule has 0 saturated heterocycles. The van der Waals surface area contributed by atoms with Crippen LogP contribution in [0.3, 0.4) is 0 Å². The molecule has 100 valence electrons. The molecule has 8 nitrogen and oxygen atoms in total. The summed E-state index contributed by atoms with van der Waals surface area (Å²) in [4.78, 5) is 10.2. The molecule has 5 N–H and O–H groups in total. The summed E-state index contributed by atoms with van der Waals surface area (Å²) in [7, 11) is -3.51. The molecule has 0 fully saturated rings. The first-order valence-electron chi connectivity index (χ1n) is 5.08. The minimum Gasteiger partial charge on any atom is -0.393 e. The Morgan fingerprint density at radius 2 is 2.06 bits per heavy atom. The number of anilines is 2. The van der Waals surface area contributed by atoms with Gasteiger partial charge in [-0.15, -0.1) is 0 Å². The van der Waals surface area contributed by atoms with Crippen LogP contribution in [0.4, 0.5) is 17.1 Å². The van der Waals surface area contributed by atoms with Crippen molar-refractivity contribution in [3.8, 4) is 0 Å². The van der Waals surface area contributed by atoms with Gasteiger partial charge in [-0.3, -0.25) is 10.1 Å². The monoisotopic (exact) mass is 274 g/mol. The van der Waals surface area contributed by atoms with Crippen LogP contribution in [0.5, 0.6) is 0 Å². The van der Waals surface area contributed by atoms with Gasteiger partial charge in [-0.25, -0.2) is 13.6 Å². The van der Waals surface area contributed by atoms with Crippen molar-refractivity contribution in [3.63, 3.8) is 0 Å². The van der Waals surface area contributed by atoms with Crippen LogP contribution in [0.2, 0.25) is 0 Å². The van der Waals surface area contributed by atoms with E-state index in [0.717, 1.165) is 0 Å². The number of benzene rings is 1. The molecule has 1 aromatic rings. The predicted octanol–water partition coefficient (Wildman–Crippen LogP) is 0.268. The maximum absolute atomic E-state index is 10.8. The summed E-state index contributed by atoms with van der Waals surface area (Å²) in [6, 6.07) is 4.50. The van der Waals surface area contributed by atoms with E-state index in [-0.39, 0.29) is 35.8 Å². The maximum Gasteiger partial charge on any atom is 0.314 e. The molecular formula is C9H14N4O4S. The quantitative estimate of drug-likeness (QED) is 0.294. The zero-order chi connectivity index (χ0) is 13.8. The summed E-state index contributed by atoms with van der Waals surface area (Å²) < 4.78 is 21.4. The van der Waals surface area contributed by atoms with E-state index < -0.39 is 14.9 Å². The van der Waals surface area contributed by atoms with Crippen molar-refractivity contribution in [1.29, 1.82) is 0 Å². The van der Waals surface area contributed by atoms with Crippen molar-refractivity contribution in [2.45, 2.75) is 6.42 Å². The molecule has 0 saturated carbocycles. The topological polar surface area (TPSA) is 141 Å². The molecule has 0 bridgehead atoms. The van der Waals surface area contributed by atoms with Gasteiger partial charge < -0.3 is 11.1 Å². The highest BCUT2D eigenvalue weighted by Gasteiger charge is 2.17. The molecule has 0 aliphatic rings. The lowest BCUT2D eigenvalue weighted by Crippen LogP contribution is -2.18. The Morgan fingerprint density at radius 1 is 1.39 bits per heavy atom. The molecule has 0 aromatic heterocycles. The largest absolute Gasteiger partial charge is 0.393 e. The van der Waals surface area contributed by atoms with Crippen molar-refractivity contribution in [2.24, 2.45) is 5.14 Å². The van der Waals surface area contributed by atoms with Gasteiger partial charge >= 0.3 is 5.69 Å². The molecular weight excluding hydrogens is 260 g/mol. The van der Waals surface area contributed by atoms with Crippen molar-refractivity contribution in [1.82, 2.24) is 0 Å². The molecule has 1 aromatic carbocycles. The Morgan fingerprint density at radius 3 is 2.61 bits per heavy atom. The van der Waals surface area contributed by atoms with E-state index in [1.165, 1.54) is 12.1 Å². The number of nitrogens with zero attached hydrogens (tertiary/aromatic N) is 1. The number of nitrogen functional groups attached to an aromatic ring is 1. The number of nitro benzene ring substituents is 1. The van der Waals surface area contributed by atoms with E-state index in [2.05, 4.69) is 5.32 Å². The van der Waals surface area contributed by atoms with Crippen LogP contribution < -0.4 is 16.2 Å². The van der Waals surface area contributed by atoms with Crippen molar-refractivity contribution >= 4 is 27.1 Å². The van der Waals surface area contributed by atoms with Gasteiger partial charge in [0, 0.05) is 6.54 Å². The van der Waals surface area contributed by atoms with Gasteiger partial charge in [-0.1, -0.05) is 6.07 Å². The molecule has 0 radical (unpaired) electrons. The van der Waals surface area contributed by atoms with Gasteiger partial charge in [0.25, 0.3) is 0 Å². The lowest BCUT2D eigenvalue weighted by Gasteiger charge is -2.07. The van der Waals surface area contributed by atoms with E-state index in [1.807, 2.05) is 0 Å². The van der Waals surface area contributed by atoms with Gasteiger partial charge in [0.05, 0.1) is 10.7 Å². The second kappa shape index (κ2) is 5.65. The highest BCUT2D eigenvalue weighted by molar-refractivity contribution is 7.89. The number of rotatable bonds is 6. The van der Waals surface area contributed by atoms with Crippen LogP contribution in [0.15, 0.2) is 18.2 Å². The van der Waals surface area contributed by atoms with E-state index in [4.69, 9.17) is 10.9 Å². The molecule has 0 amide bonds. The van der Waals surface area contributed by atoms with Crippen LogP contribution in [-0.2, 0) is 10.0 Å². The maximum atomic E-state index is 10.8. The summed E-state index contributed by atoms with van der Waals surface area (Å²) >= 11 is 0. The Bertz CT molecular complexity index is 543. The predicted molar refractivity (Wildman–Crippen MR) is 68.6 cm³/mol.